The van der Waals surface area contributed by atoms with Crippen molar-refractivity contribution in [2.45, 2.75) is 25.1 Å². The molecule has 5 rings (SSSR count). The Hall–Kier alpha value is -3.25. The van der Waals surface area contributed by atoms with Gasteiger partial charge in [-0.15, -0.1) is 0 Å². The number of halogens is 4. The molecule has 1 unspecified atom stereocenters. The summed E-state index contributed by atoms with van der Waals surface area (Å²) in [7, 11) is 0. The molecule has 1 aliphatic rings. The van der Waals surface area contributed by atoms with E-state index in [2.05, 4.69) is 16.8 Å². The van der Waals surface area contributed by atoms with Crippen molar-refractivity contribution in [3.8, 4) is 0 Å². The molecule has 1 aliphatic heterocycles. The van der Waals surface area contributed by atoms with Crippen LogP contribution in [-0.4, -0.2) is 28.5 Å². The second-order valence-electron chi connectivity index (χ2n) is 8.67. The first-order chi connectivity index (χ1) is 16.3. The smallest absolute Gasteiger partial charge is 0.343 e. The molecule has 1 fully saturated rings. The van der Waals surface area contributed by atoms with E-state index in [1.807, 2.05) is 23.1 Å². The first kappa shape index (κ1) is 22.5. The van der Waals surface area contributed by atoms with Crippen LogP contribution in [-0.2, 0) is 12.7 Å². The van der Waals surface area contributed by atoms with Gasteiger partial charge < -0.3 is 9.47 Å². The molecule has 1 atom stereocenters. The minimum absolute atomic E-state index is 0.0292. The first-order valence-corrected chi connectivity index (χ1v) is 11.5. The van der Waals surface area contributed by atoms with Crippen molar-refractivity contribution in [3.05, 3.63) is 106 Å². The molecule has 0 saturated carbocycles. The van der Waals surface area contributed by atoms with Crippen LogP contribution in [0.3, 0.4) is 0 Å². The first-order valence-electron chi connectivity index (χ1n) is 11.1. The van der Waals surface area contributed by atoms with Crippen LogP contribution in [0.2, 0.25) is 5.02 Å². The summed E-state index contributed by atoms with van der Waals surface area (Å²) in [6, 6.07) is 20.3. The van der Waals surface area contributed by atoms with Gasteiger partial charge in [0.15, 0.2) is 0 Å². The molecule has 1 aromatic heterocycles. The Morgan fingerprint density at radius 1 is 1.00 bits per heavy atom. The monoisotopic (exact) mass is 482 g/mol. The Bertz CT molecular complexity index is 1340. The lowest BCUT2D eigenvalue weighted by Crippen LogP contribution is -2.28. The van der Waals surface area contributed by atoms with E-state index >= 15 is 0 Å². The Kier molecular flexibility index (Phi) is 5.86. The zero-order chi connectivity index (χ0) is 23.9. The topological polar surface area (TPSA) is 25.2 Å². The lowest BCUT2D eigenvalue weighted by atomic mass is 9.98. The average Bonchev–Trinajstić information content (AvgIpc) is 3.44. The minimum atomic E-state index is -4.34. The van der Waals surface area contributed by atoms with Gasteiger partial charge in [-0.3, -0.25) is 4.79 Å². The standard InChI is InChI=1S/C27H22ClF3N2O/c28-22-5-3-4-19(14-22)26(34)32-13-12-20(16-32)24-17-33(25-7-2-1-6-23(24)25)15-18-8-10-21(11-9-18)27(29,30)31/h1-11,14,17,20H,12-13,15-16H2. The Morgan fingerprint density at radius 2 is 1.76 bits per heavy atom. The highest BCUT2D eigenvalue weighted by atomic mass is 35.5. The number of alkyl halides is 3. The minimum Gasteiger partial charge on any atom is -0.343 e. The van der Waals surface area contributed by atoms with Gasteiger partial charge in [-0.05, 0) is 53.9 Å². The van der Waals surface area contributed by atoms with Gasteiger partial charge in [0.25, 0.3) is 5.91 Å². The highest BCUT2D eigenvalue weighted by Crippen LogP contribution is 2.35. The number of carbonyl (C=O) groups is 1. The third kappa shape index (κ3) is 4.42. The van der Waals surface area contributed by atoms with E-state index < -0.39 is 11.7 Å². The number of hydrogen-bond acceptors (Lipinski definition) is 1. The maximum Gasteiger partial charge on any atom is 0.416 e. The summed E-state index contributed by atoms with van der Waals surface area (Å²) >= 11 is 6.06. The molecule has 1 amide bonds. The molecule has 0 N–H and O–H groups in total. The predicted molar refractivity (Wildman–Crippen MR) is 127 cm³/mol. The van der Waals surface area contributed by atoms with Crippen LogP contribution >= 0.6 is 11.6 Å². The molecule has 3 aromatic carbocycles. The summed E-state index contributed by atoms with van der Waals surface area (Å²) < 4.78 is 40.8. The Balaban J connectivity index is 1.39. The molecule has 174 valence electrons. The number of likely N-dealkylation sites (tertiary alicyclic amines) is 1. The lowest BCUT2D eigenvalue weighted by Gasteiger charge is -2.16. The Labute approximate surface area is 200 Å². The predicted octanol–water partition coefficient (Wildman–Crippen LogP) is 6.99. The van der Waals surface area contributed by atoms with E-state index in [0.29, 0.717) is 30.2 Å². The zero-order valence-electron chi connectivity index (χ0n) is 18.2. The summed E-state index contributed by atoms with van der Waals surface area (Å²) in [5.41, 5.74) is 2.91. The number of aromatic nitrogens is 1. The van der Waals surface area contributed by atoms with Crippen molar-refractivity contribution in [2.24, 2.45) is 0 Å². The van der Waals surface area contributed by atoms with Crippen LogP contribution in [0.4, 0.5) is 13.2 Å². The van der Waals surface area contributed by atoms with Crippen LogP contribution in [0.15, 0.2) is 79.0 Å². The normalized spacial score (nSPS) is 16.4. The van der Waals surface area contributed by atoms with Crippen molar-refractivity contribution in [2.75, 3.05) is 13.1 Å². The number of hydrogen-bond donors (Lipinski definition) is 0. The number of benzene rings is 3. The number of nitrogens with zero attached hydrogens (tertiary/aromatic N) is 2. The number of fused-ring (bicyclic) bond motifs is 1. The van der Waals surface area contributed by atoms with Gasteiger partial charge >= 0.3 is 6.18 Å². The van der Waals surface area contributed by atoms with Crippen molar-refractivity contribution in [1.82, 2.24) is 9.47 Å². The maximum absolute atomic E-state index is 13.0. The van der Waals surface area contributed by atoms with Gasteiger partial charge in [0.2, 0.25) is 0 Å². The fourth-order valence-corrected chi connectivity index (χ4v) is 4.92. The maximum atomic E-state index is 13.0. The van der Waals surface area contributed by atoms with E-state index in [-0.39, 0.29) is 11.8 Å². The molecule has 0 spiro atoms. The molecule has 1 saturated heterocycles. The van der Waals surface area contributed by atoms with Gasteiger partial charge in [-0.2, -0.15) is 13.2 Å². The SMILES string of the molecule is O=C(c1cccc(Cl)c1)N1CCC(c2cn(Cc3ccc(C(F)(F)F)cc3)c3ccccc23)C1. The van der Waals surface area contributed by atoms with E-state index in [1.165, 1.54) is 12.1 Å². The molecule has 0 bridgehead atoms. The molecule has 0 aliphatic carbocycles. The summed E-state index contributed by atoms with van der Waals surface area (Å²) in [5.74, 6) is 0.153. The van der Waals surface area contributed by atoms with Crippen LogP contribution in [0.1, 0.15) is 39.4 Å². The van der Waals surface area contributed by atoms with E-state index in [9.17, 15) is 18.0 Å². The van der Waals surface area contributed by atoms with Crippen molar-refractivity contribution < 1.29 is 18.0 Å². The molecule has 0 radical (unpaired) electrons. The number of rotatable bonds is 4. The lowest BCUT2D eigenvalue weighted by molar-refractivity contribution is -0.137. The summed E-state index contributed by atoms with van der Waals surface area (Å²) in [4.78, 5) is 14.8. The van der Waals surface area contributed by atoms with Crippen LogP contribution in [0, 0.1) is 0 Å². The fraction of sp³-hybridized carbons (Fsp3) is 0.222. The molecule has 3 nitrogen and oxygen atoms in total. The Morgan fingerprint density at radius 3 is 2.50 bits per heavy atom. The molecule has 7 heteroatoms. The van der Waals surface area contributed by atoms with Gasteiger partial charge in [0.05, 0.1) is 5.56 Å². The van der Waals surface area contributed by atoms with Gasteiger partial charge in [-0.25, -0.2) is 0 Å². The van der Waals surface area contributed by atoms with Gasteiger partial charge in [0.1, 0.15) is 0 Å². The second-order valence-corrected chi connectivity index (χ2v) is 9.11. The largest absolute Gasteiger partial charge is 0.416 e. The summed E-state index contributed by atoms with van der Waals surface area (Å²) in [6.07, 6.45) is -1.41. The molecule has 4 aromatic rings. The fourth-order valence-electron chi connectivity index (χ4n) is 4.73. The summed E-state index contributed by atoms with van der Waals surface area (Å²) in [6.45, 7) is 1.74. The van der Waals surface area contributed by atoms with Crippen LogP contribution in [0.25, 0.3) is 10.9 Å². The van der Waals surface area contributed by atoms with E-state index in [0.717, 1.165) is 40.6 Å². The zero-order valence-corrected chi connectivity index (χ0v) is 19.0. The molecule has 34 heavy (non-hydrogen) atoms. The average molecular weight is 483 g/mol. The quantitative estimate of drug-likeness (QED) is 0.307. The number of para-hydroxylation sites is 1. The second kappa shape index (κ2) is 8.84. The number of amides is 1. The highest BCUT2D eigenvalue weighted by Gasteiger charge is 2.31. The van der Waals surface area contributed by atoms with Crippen molar-refractivity contribution in [1.29, 1.82) is 0 Å². The van der Waals surface area contributed by atoms with Gasteiger partial charge in [-0.1, -0.05) is 48.0 Å². The van der Waals surface area contributed by atoms with Crippen molar-refractivity contribution >= 4 is 28.4 Å². The molecule has 2 heterocycles. The third-order valence-corrected chi connectivity index (χ3v) is 6.68. The number of carbonyl (C=O) groups excluding carboxylic acids is 1. The summed E-state index contributed by atoms with van der Waals surface area (Å²) in [5, 5.41) is 1.64. The third-order valence-electron chi connectivity index (χ3n) is 6.44. The van der Waals surface area contributed by atoms with Crippen molar-refractivity contribution in [3.63, 3.8) is 0 Å². The van der Waals surface area contributed by atoms with E-state index in [1.54, 1.807) is 24.3 Å². The van der Waals surface area contributed by atoms with Crippen LogP contribution in [0.5, 0.6) is 0 Å². The highest BCUT2D eigenvalue weighted by molar-refractivity contribution is 6.30. The molecular formula is C27H22ClF3N2O. The van der Waals surface area contributed by atoms with E-state index in [4.69, 9.17) is 11.6 Å². The molecular weight excluding hydrogens is 461 g/mol. The van der Waals surface area contributed by atoms with Crippen LogP contribution < -0.4 is 0 Å². The van der Waals surface area contributed by atoms with Gasteiger partial charge in [0, 0.05) is 53.2 Å².